The van der Waals surface area contributed by atoms with Crippen molar-refractivity contribution in [2.45, 2.75) is 51.6 Å². The van der Waals surface area contributed by atoms with Crippen LogP contribution in [-0.2, 0) is 0 Å². The summed E-state index contributed by atoms with van der Waals surface area (Å²) in [5, 5.41) is 0.787. The zero-order chi connectivity index (χ0) is 20.4. The highest BCUT2D eigenvalue weighted by Crippen LogP contribution is 2.54. The molecule has 0 saturated heterocycles. The van der Waals surface area contributed by atoms with Gasteiger partial charge in [-0.25, -0.2) is 0 Å². The molecule has 1 saturated carbocycles. The number of hydrogen-bond acceptors (Lipinski definition) is 2. The third kappa shape index (κ3) is 4.46. The van der Waals surface area contributed by atoms with Gasteiger partial charge < -0.3 is 0 Å². The summed E-state index contributed by atoms with van der Waals surface area (Å²) in [5.41, 5.74) is 2.44. The molecule has 3 rings (SSSR count). The molecule has 1 aliphatic rings. The Labute approximate surface area is 182 Å². The third-order valence-electron chi connectivity index (χ3n) is 5.29. The maximum Gasteiger partial charge on any atom is 0.195 e. The van der Waals surface area contributed by atoms with Gasteiger partial charge >= 0.3 is 0 Å². The minimum atomic E-state index is -1.62. The molecule has 6 heteroatoms. The Morgan fingerprint density at radius 1 is 0.857 bits per heavy atom. The van der Waals surface area contributed by atoms with Gasteiger partial charge in [0.05, 0.1) is 15.6 Å². The molecule has 0 bridgehead atoms. The van der Waals surface area contributed by atoms with Crippen molar-refractivity contribution >= 4 is 53.8 Å². The first-order valence-electron chi connectivity index (χ1n) is 9.40. The van der Waals surface area contributed by atoms with E-state index in [9.17, 15) is 9.59 Å². The summed E-state index contributed by atoms with van der Waals surface area (Å²) in [6.45, 7) is 3.84. The Balaban J connectivity index is 2.10. The van der Waals surface area contributed by atoms with Crippen molar-refractivity contribution in [2.75, 3.05) is 0 Å². The first-order valence-corrected chi connectivity index (χ1v) is 11.9. The lowest BCUT2D eigenvalue weighted by molar-refractivity contribution is 0.104. The second-order valence-corrected chi connectivity index (χ2v) is 10.8. The Morgan fingerprint density at radius 2 is 1.36 bits per heavy atom. The normalized spacial score (nSPS) is 16.0. The van der Waals surface area contributed by atoms with E-state index in [1.54, 1.807) is 0 Å². The van der Waals surface area contributed by atoms with Crippen LogP contribution in [0.2, 0.25) is 15.1 Å². The molecule has 0 aromatic heterocycles. The first kappa shape index (κ1) is 21.8. The zero-order valence-corrected chi connectivity index (χ0v) is 19.1. The summed E-state index contributed by atoms with van der Waals surface area (Å²) in [6, 6.07) is 8.79. The van der Waals surface area contributed by atoms with Gasteiger partial charge in [-0.15, -0.1) is 0 Å². The van der Waals surface area contributed by atoms with Crippen molar-refractivity contribution in [1.29, 1.82) is 0 Å². The van der Waals surface area contributed by atoms with Gasteiger partial charge in [-0.2, -0.15) is 0 Å². The molecule has 1 unspecified atom stereocenters. The molecule has 28 heavy (non-hydrogen) atoms. The minimum Gasteiger partial charge on any atom is -0.289 e. The zero-order valence-electron chi connectivity index (χ0n) is 15.9. The van der Waals surface area contributed by atoms with Crippen molar-refractivity contribution in [3.05, 3.63) is 67.7 Å². The maximum absolute atomic E-state index is 13.7. The molecule has 2 nitrogen and oxygen atoms in total. The molecular weight excluding hydrogens is 434 g/mol. The van der Waals surface area contributed by atoms with Crippen LogP contribution in [0.5, 0.6) is 0 Å². The molecule has 1 aliphatic carbocycles. The SMILES string of the molecule is Cc1cccc(C)c1C(=O)P(C(=O)c1c(Cl)cc(Cl)cc1Cl)C1CCCCC1. The number of rotatable bonds is 5. The summed E-state index contributed by atoms with van der Waals surface area (Å²) in [4.78, 5) is 27.3. The van der Waals surface area contributed by atoms with E-state index >= 15 is 0 Å². The van der Waals surface area contributed by atoms with Crippen LogP contribution in [0.1, 0.15) is 63.9 Å². The predicted molar refractivity (Wildman–Crippen MR) is 120 cm³/mol. The Hall–Kier alpha value is -0.920. The monoisotopic (exact) mass is 454 g/mol. The molecule has 1 atom stereocenters. The van der Waals surface area contributed by atoms with E-state index in [2.05, 4.69) is 0 Å². The fourth-order valence-corrected chi connectivity index (χ4v) is 7.83. The van der Waals surface area contributed by atoms with Gasteiger partial charge in [0.15, 0.2) is 11.0 Å². The smallest absolute Gasteiger partial charge is 0.195 e. The van der Waals surface area contributed by atoms with Crippen LogP contribution >= 0.6 is 42.7 Å². The number of halogens is 3. The molecule has 0 aliphatic heterocycles. The van der Waals surface area contributed by atoms with E-state index in [0.717, 1.165) is 43.2 Å². The molecule has 1 fully saturated rings. The maximum atomic E-state index is 13.7. The Morgan fingerprint density at radius 3 is 1.89 bits per heavy atom. The van der Waals surface area contributed by atoms with Gasteiger partial charge in [-0.3, -0.25) is 9.59 Å². The summed E-state index contributed by atoms with van der Waals surface area (Å²) in [5.74, 6) is 0. The van der Waals surface area contributed by atoms with Crippen molar-refractivity contribution in [2.24, 2.45) is 0 Å². The van der Waals surface area contributed by atoms with Gasteiger partial charge in [0.25, 0.3) is 0 Å². The van der Waals surface area contributed by atoms with Gasteiger partial charge in [-0.05, 0) is 55.6 Å². The second-order valence-electron chi connectivity index (χ2n) is 7.28. The van der Waals surface area contributed by atoms with E-state index in [0.29, 0.717) is 10.6 Å². The lowest BCUT2D eigenvalue weighted by Gasteiger charge is -2.29. The van der Waals surface area contributed by atoms with Crippen molar-refractivity contribution in [3.63, 3.8) is 0 Å². The highest BCUT2D eigenvalue weighted by Gasteiger charge is 2.38. The van der Waals surface area contributed by atoms with Crippen LogP contribution in [0, 0.1) is 13.8 Å². The fourth-order valence-electron chi connectivity index (χ4n) is 3.90. The number of carbonyl (C=O) groups is 2. The van der Waals surface area contributed by atoms with E-state index in [1.807, 2.05) is 32.0 Å². The standard InChI is InChI=1S/C22H22Cl3O2P/c1-13-7-6-8-14(2)19(13)21(26)28(16-9-4-3-5-10-16)22(27)20-17(24)11-15(23)12-18(20)25/h6-8,11-12,16H,3-5,9-10H2,1-2H3. The molecule has 2 aromatic rings. The summed E-state index contributed by atoms with van der Waals surface area (Å²) in [7, 11) is -1.62. The Kier molecular flexibility index (Phi) is 7.21. The topological polar surface area (TPSA) is 34.1 Å². The van der Waals surface area contributed by atoms with Crippen LogP contribution in [0.15, 0.2) is 30.3 Å². The van der Waals surface area contributed by atoms with E-state index < -0.39 is 7.92 Å². The molecule has 2 aromatic carbocycles. The fraction of sp³-hybridized carbons (Fsp3) is 0.364. The van der Waals surface area contributed by atoms with Crippen molar-refractivity contribution < 1.29 is 9.59 Å². The molecule has 0 amide bonds. The minimum absolute atomic E-state index is 0.0607. The van der Waals surface area contributed by atoms with Crippen LogP contribution in [0.3, 0.4) is 0 Å². The lowest BCUT2D eigenvalue weighted by Crippen LogP contribution is -2.21. The number of carbonyl (C=O) groups excluding carboxylic acids is 2. The number of hydrogen-bond donors (Lipinski definition) is 0. The molecule has 0 heterocycles. The van der Waals surface area contributed by atoms with Crippen molar-refractivity contribution in [1.82, 2.24) is 0 Å². The highest BCUT2D eigenvalue weighted by molar-refractivity contribution is 7.90. The van der Waals surface area contributed by atoms with E-state index in [-0.39, 0.29) is 32.3 Å². The summed E-state index contributed by atoms with van der Waals surface area (Å²) >= 11 is 18.7. The largest absolute Gasteiger partial charge is 0.289 e. The van der Waals surface area contributed by atoms with Crippen LogP contribution in [0.25, 0.3) is 0 Å². The van der Waals surface area contributed by atoms with E-state index in [1.165, 1.54) is 12.1 Å². The van der Waals surface area contributed by atoms with Gasteiger partial charge in [0, 0.05) is 18.5 Å². The average Bonchev–Trinajstić information content (AvgIpc) is 2.62. The number of aryl methyl sites for hydroxylation is 2. The number of benzene rings is 2. The molecule has 0 spiro atoms. The lowest BCUT2D eigenvalue weighted by atomic mass is 10.0. The molecule has 0 radical (unpaired) electrons. The van der Waals surface area contributed by atoms with Crippen molar-refractivity contribution in [3.8, 4) is 0 Å². The third-order valence-corrected chi connectivity index (χ3v) is 8.68. The van der Waals surface area contributed by atoms with Crippen LogP contribution in [-0.4, -0.2) is 16.7 Å². The quantitative estimate of drug-likeness (QED) is 0.427. The van der Waals surface area contributed by atoms with E-state index in [4.69, 9.17) is 34.8 Å². The molecular formula is C22H22Cl3O2P. The predicted octanol–water partition coefficient (Wildman–Crippen LogP) is 8.06. The highest BCUT2D eigenvalue weighted by atomic mass is 35.5. The summed E-state index contributed by atoms with van der Waals surface area (Å²) in [6.07, 6.45) is 5.00. The summed E-state index contributed by atoms with van der Waals surface area (Å²) < 4.78 is 0. The second kappa shape index (κ2) is 9.26. The van der Waals surface area contributed by atoms with Crippen LogP contribution in [0.4, 0.5) is 0 Å². The Bertz CT molecular complexity index is 877. The molecule has 148 valence electrons. The molecule has 0 N–H and O–H groups in total. The average molecular weight is 456 g/mol. The van der Waals surface area contributed by atoms with Gasteiger partial charge in [0.1, 0.15) is 0 Å². The van der Waals surface area contributed by atoms with Crippen LogP contribution < -0.4 is 0 Å². The van der Waals surface area contributed by atoms with Gasteiger partial charge in [-0.1, -0.05) is 72.3 Å². The van der Waals surface area contributed by atoms with Gasteiger partial charge in [0.2, 0.25) is 0 Å². The first-order chi connectivity index (χ1) is 13.3.